The van der Waals surface area contributed by atoms with Gasteiger partial charge in [-0.1, -0.05) is 26.0 Å². The van der Waals surface area contributed by atoms with Crippen LogP contribution in [0.5, 0.6) is 0 Å². The number of nitrogens with one attached hydrogen (secondary N) is 2. The van der Waals surface area contributed by atoms with E-state index in [0.717, 1.165) is 25.2 Å². The highest BCUT2D eigenvalue weighted by molar-refractivity contribution is 7.92. The van der Waals surface area contributed by atoms with E-state index >= 15 is 0 Å². The standard InChI is InChI=1S/C14H20N4O2S/c1-3-18(4-2)11-12-6-5-7-13(10-12)17-21(19,20)14-8-9-15-16-14/h5-10,17H,3-4,11H2,1-2H3,(H,15,16). The third kappa shape index (κ3) is 4.05. The first kappa shape index (κ1) is 15.5. The normalized spacial score (nSPS) is 11.8. The van der Waals surface area contributed by atoms with Gasteiger partial charge >= 0.3 is 0 Å². The van der Waals surface area contributed by atoms with Gasteiger partial charge in [-0.15, -0.1) is 0 Å². The maximum atomic E-state index is 12.1. The quantitative estimate of drug-likeness (QED) is 0.820. The molecular weight excluding hydrogens is 288 g/mol. The van der Waals surface area contributed by atoms with E-state index in [9.17, 15) is 8.42 Å². The van der Waals surface area contributed by atoms with Gasteiger partial charge in [0.2, 0.25) is 0 Å². The SMILES string of the molecule is CCN(CC)Cc1cccc(NS(=O)(=O)c2ccn[nH]2)c1. The lowest BCUT2D eigenvalue weighted by atomic mass is 10.2. The first-order chi connectivity index (χ1) is 10.0. The number of hydrogen-bond donors (Lipinski definition) is 2. The molecule has 0 spiro atoms. The second-order valence-corrected chi connectivity index (χ2v) is 6.34. The van der Waals surface area contributed by atoms with Gasteiger partial charge in [0.05, 0.1) is 6.20 Å². The molecule has 0 saturated carbocycles. The van der Waals surface area contributed by atoms with E-state index in [4.69, 9.17) is 0 Å². The molecule has 0 aliphatic rings. The molecule has 0 atom stereocenters. The Morgan fingerprint density at radius 2 is 2.00 bits per heavy atom. The fraction of sp³-hybridized carbons (Fsp3) is 0.357. The van der Waals surface area contributed by atoms with Crippen molar-refractivity contribution in [2.45, 2.75) is 25.4 Å². The van der Waals surface area contributed by atoms with Crippen molar-refractivity contribution in [3.63, 3.8) is 0 Å². The smallest absolute Gasteiger partial charge is 0.278 e. The van der Waals surface area contributed by atoms with E-state index in [0.29, 0.717) is 5.69 Å². The fourth-order valence-electron chi connectivity index (χ4n) is 2.04. The van der Waals surface area contributed by atoms with Crippen molar-refractivity contribution in [2.75, 3.05) is 17.8 Å². The van der Waals surface area contributed by atoms with Gasteiger partial charge in [0.15, 0.2) is 5.03 Å². The average molecular weight is 308 g/mol. The molecule has 21 heavy (non-hydrogen) atoms. The van der Waals surface area contributed by atoms with Crippen LogP contribution in [0.2, 0.25) is 0 Å². The molecular formula is C14H20N4O2S. The van der Waals surface area contributed by atoms with Crippen molar-refractivity contribution in [1.29, 1.82) is 0 Å². The summed E-state index contributed by atoms with van der Waals surface area (Å²) in [4.78, 5) is 2.27. The van der Waals surface area contributed by atoms with Crippen molar-refractivity contribution in [3.8, 4) is 0 Å². The van der Waals surface area contributed by atoms with Crippen LogP contribution in [0.15, 0.2) is 41.6 Å². The second kappa shape index (κ2) is 6.73. The summed E-state index contributed by atoms with van der Waals surface area (Å²) in [6.45, 7) is 6.93. The molecule has 0 radical (unpaired) electrons. The van der Waals surface area contributed by atoms with E-state index in [1.165, 1.54) is 12.3 Å². The lowest BCUT2D eigenvalue weighted by Crippen LogP contribution is -2.22. The summed E-state index contributed by atoms with van der Waals surface area (Å²) >= 11 is 0. The van der Waals surface area contributed by atoms with Crippen molar-refractivity contribution >= 4 is 15.7 Å². The molecule has 0 saturated heterocycles. The number of benzene rings is 1. The van der Waals surface area contributed by atoms with Crippen LogP contribution >= 0.6 is 0 Å². The summed E-state index contributed by atoms with van der Waals surface area (Å²) in [7, 11) is -3.61. The summed E-state index contributed by atoms with van der Waals surface area (Å²) in [6, 6.07) is 8.85. The van der Waals surface area contributed by atoms with Gasteiger partial charge in [0.25, 0.3) is 10.0 Å². The van der Waals surface area contributed by atoms with Crippen LogP contribution in [-0.4, -0.2) is 36.6 Å². The first-order valence-electron chi connectivity index (χ1n) is 6.88. The van der Waals surface area contributed by atoms with Gasteiger partial charge in [0.1, 0.15) is 0 Å². The van der Waals surface area contributed by atoms with Crippen LogP contribution in [0.1, 0.15) is 19.4 Å². The average Bonchev–Trinajstić information content (AvgIpc) is 2.99. The Hall–Kier alpha value is -1.86. The zero-order valence-electron chi connectivity index (χ0n) is 12.2. The van der Waals surface area contributed by atoms with Crippen LogP contribution in [0, 0.1) is 0 Å². The molecule has 2 N–H and O–H groups in total. The number of sulfonamides is 1. The van der Waals surface area contributed by atoms with E-state index in [1.807, 2.05) is 18.2 Å². The molecule has 0 aliphatic carbocycles. The Labute approximate surface area is 125 Å². The van der Waals surface area contributed by atoms with Gasteiger partial charge in [0, 0.05) is 12.2 Å². The van der Waals surface area contributed by atoms with Crippen molar-refractivity contribution in [2.24, 2.45) is 0 Å². The monoisotopic (exact) mass is 308 g/mol. The third-order valence-electron chi connectivity index (χ3n) is 3.24. The van der Waals surface area contributed by atoms with E-state index in [-0.39, 0.29) is 5.03 Å². The summed E-state index contributed by atoms with van der Waals surface area (Å²) < 4.78 is 26.8. The number of hydrogen-bond acceptors (Lipinski definition) is 4. The Balaban J connectivity index is 2.15. The molecule has 0 aliphatic heterocycles. The summed E-state index contributed by atoms with van der Waals surface area (Å²) in [5.41, 5.74) is 1.62. The van der Waals surface area contributed by atoms with Crippen molar-refractivity contribution in [1.82, 2.24) is 15.1 Å². The highest BCUT2D eigenvalue weighted by Crippen LogP contribution is 2.16. The lowest BCUT2D eigenvalue weighted by Gasteiger charge is -2.18. The summed E-state index contributed by atoms with van der Waals surface area (Å²) in [6.07, 6.45) is 1.41. The molecule has 0 unspecified atom stereocenters. The summed E-state index contributed by atoms with van der Waals surface area (Å²) in [5, 5.41) is 6.16. The number of aromatic amines is 1. The maximum Gasteiger partial charge on any atom is 0.278 e. The van der Waals surface area contributed by atoms with Crippen LogP contribution < -0.4 is 4.72 Å². The predicted octanol–water partition coefficient (Wildman–Crippen LogP) is 2.05. The van der Waals surface area contributed by atoms with Gasteiger partial charge < -0.3 is 0 Å². The number of rotatable bonds is 7. The molecule has 1 aromatic carbocycles. The van der Waals surface area contributed by atoms with E-state index in [1.54, 1.807) is 6.07 Å². The topological polar surface area (TPSA) is 78.1 Å². The zero-order chi connectivity index (χ0) is 15.3. The van der Waals surface area contributed by atoms with Crippen molar-refractivity contribution in [3.05, 3.63) is 42.1 Å². The number of nitrogens with zero attached hydrogens (tertiary/aromatic N) is 2. The minimum Gasteiger partial charge on any atom is -0.300 e. The van der Waals surface area contributed by atoms with Gasteiger partial charge in [-0.05, 0) is 36.9 Å². The second-order valence-electron chi connectivity index (χ2n) is 4.69. The molecule has 6 nitrogen and oxygen atoms in total. The molecule has 0 bridgehead atoms. The largest absolute Gasteiger partial charge is 0.300 e. The molecule has 7 heteroatoms. The molecule has 1 aromatic heterocycles. The van der Waals surface area contributed by atoms with E-state index < -0.39 is 10.0 Å². The molecule has 114 valence electrons. The van der Waals surface area contributed by atoms with Gasteiger partial charge in [-0.25, -0.2) is 0 Å². The fourth-order valence-corrected chi connectivity index (χ4v) is 3.00. The van der Waals surface area contributed by atoms with Crippen LogP contribution in [0.4, 0.5) is 5.69 Å². The van der Waals surface area contributed by atoms with Crippen LogP contribution in [-0.2, 0) is 16.6 Å². The Morgan fingerprint density at radius 1 is 1.24 bits per heavy atom. The lowest BCUT2D eigenvalue weighted by molar-refractivity contribution is 0.296. The van der Waals surface area contributed by atoms with Crippen LogP contribution in [0.25, 0.3) is 0 Å². The highest BCUT2D eigenvalue weighted by atomic mass is 32.2. The minimum atomic E-state index is -3.61. The predicted molar refractivity (Wildman–Crippen MR) is 82.5 cm³/mol. The van der Waals surface area contributed by atoms with Crippen LogP contribution in [0.3, 0.4) is 0 Å². The van der Waals surface area contributed by atoms with Crippen molar-refractivity contribution < 1.29 is 8.42 Å². The number of aromatic nitrogens is 2. The Kier molecular flexibility index (Phi) is 4.98. The number of H-pyrrole nitrogens is 1. The first-order valence-corrected chi connectivity index (χ1v) is 8.37. The third-order valence-corrected chi connectivity index (χ3v) is 4.56. The molecule has 2 rings (SSSR count). The highest BCUT2D eigenvalue weighted by Gasteiger charge is 2.15. The van der Waals surface area contributed by atoms with Gasteiger partial charge in [-0.3, -0.25) is 14.7 Å². The Bertz CT molecular complexity index is 664. The Morgan fingerprint density at radius 3 is 2.62 bits per heavy atom. The minimum absolute atomic E-state index is 0.0524. The van der Waals surface area contributed by atoms with Gasteiger partial charge in [-0.2, -0.15) is 13.5 Å². The van der Waals surface area contributed by atoms with E-state index in [2.05, 4.69) is 33.7 Å². The molecule has 2 aromatic rings. The molecule has 0 fully saturated rings. The maximum absolute atomic E-state index is 12.1. The molecule has 1 heterocycles. The molecule has 0 amide bonds. The zero-order valence-corrected chi connectivity index (χ0v) is 13.0. The summed E-state index contributed by atoms with van der Waals surface area (Å²) in [5.74, 6) is 0. The number of anilines is 1.